The van der Waals surface area contributed by atoms with Gasteiger partial charge in [0.2, 0.25) is 0 Å². The van der Waals surface area contributed by atoms with Gasteiger partial charge in [-0.1, -0.05) is 30.3 Å². The predicted octanol–water partition coefficient (Wildman–Crippen LogP) is 1.09. The molecule has 1 amide bonds. The lowest BCUT2D eigenvalue weighted by atomic mass is 10.2. The standard InChI is InChI=1S/C11H11NO4/c13-10(14)9-6-12(9)11(15)16-7-8-4-2-1-3-5-8/h1-5,9H,6-7H2,(H,13,14)/t9-,12?/m0/s1. The van der Waals surface area contributed by atoms with Crippen molar-refractivity contribution in [1.82, 2.24) is 4.90 Å². The zero-order valence-electron chi connectivity index (χ0n) is 8.50. The summed E-state index contributed by atoms with van der Waals surface area (Å²) in [6.45, 7) is 0.408. The zero-order valence-corrected chi connectivity index (χ0v) is 8.50. The second kappa shape index (κ2) is 4.22. The Hall–Kier alpha value is -2.04. The molecule has 1 aromatic rings. The van der Waals surface area contributed by atoms with Crippen LogP contribution in [-0.2, 0) is 16.1 Å². The van der Waals surface area contributed by atoms with Crippen LogP contribution >= 0.6 is 0 Å². The summed E-state index contributed by atoms with van der Waals surface area (Å²) in [6.07, 6.45) is -0.573. The molecule has 1 atom stereocenters. The van der Waals surface area contributed by atoms with Crippen LogP contribution in [0.15, 0.2) is 30.3 Å². The van der Waals surface area contributed by atoms with Gasteiger partial charge in [-0.15, -0.1) is 0 Å². The highest BCUT2D eigenvalue weighted by atomic mass is 16.6. The third-order valence-electron chi connectivity index (χ3n) is 2.34. The molecular formula is C11H11NO4. The van der Waals surface area contributed by atoms with Crippen LogP contribution in [0.25, 0.3) is 0 Å². The molecule has 1 fully saturated rings. The Balaban J connectivity index is 1.80. The van der Waals surface area contributed by atoms with Gasteiger partial charge in [-0.25, -0.2) is 9.59 Å². The van der Waals surface area contributed by atoms with Crippen LogP contribution in [0.2, 0.25) is 0 Å². The van der Waals surface area contributed by atoms with E-state index in [0.29, 0.717) is 0 Å². The van der Waals surface area contributed by atoms with Crippen molar-refractivity contribution in [3.63, 3.8) is 0 Å². The molecule has 84 valence electrons. The highest BCUT2D eigenvalue weighted by Gasteiger charge is 2.45. The molecule has 16 heavy (non-hydrogen) atoms. The minimum absolute atomic E-state index is 0.169. The lowest BCUT2D eigenvalue weighted by Gasteiger charge is -2.05. The van der Waals surface area contributed by atoms with E-state index < -0.39 is 18.1 Å². The topological polar surface area (TPSA) is 66.6 Å². The first kappa shape index (κ1) is 10.5. The second-order valence-electron chi connectivity index (χ2n) is 3.55. The van der Waals surface area contributed by atoms with E-state index in [0.717, 1.165) is 5.56 Å². The summed E-state index contributed by atoms with van der Waals surface area (Å²) in [5.74, 6) is -0.989. The summed E-state index contributed by atoms with van der Waals surface area (Å²) in [5.41, 5.74) is 0.879. The normalized spacial score (nSPS) is 18.0. The average molecular weight is 221 g/mol. The van der Waals surface area contributed by atoms with Crippen LogP contribution in [0.1, 0.15) is 5.56 Å². The van der Waals surface area contributed by atoms with Gasteiger partial charge in [-0.3, -0.25) is 4.90 Å². The Kier molecular flexibility index (Phi) is 2.76. The van der Waals surface area contributed by atoms with E-state index >= 15 is 0 Å². The highest BCUT2D eigenvalue weighted by molar-refractivity contribution is 5.85. The van der Waals surface area contributed by atoms with E-state index in [-0.39, 0.29) is 13.2 Å². The molecule has 0 saturated carbocycles. The van der Waals surface area contributed by atoms with Crippen LogP contribution in [0, 0.1) is 0 Å². The van der Waals surface area contributed by atoms with Crippen molar-refractivity contribution in [2.24, 2.45) is 0 Å². The Morgan fingerprint density at radius 3 is 2.62 bits per heavy atom. The fraction of sp³-hybridized carbons (Fsp3) is 0.273. The largest absolute Gasteiger partial charge is 0.480 e. The quantitative estimate of drug-likeness (QED) is 0.776. The number of rotatable bonds is 3. The molecule has 1 saturated heterocycles. The molecule has 2 rings (SSSR count). The fourth-order valence-corrected chi connectivity index (χ4v) is 1.35. The maximum atomic E-state index is 11.3. The molecule has 0 spiro atoms. The number of benzene rings is 1. The number of hydrogen-bond donors (Lipinski definition) is 1. The monoisotopic (exact) mass is 221 g/mol. The molecule has 1 aliphatic rings. The molecule has 5 nitrogen and oxygen atoms in total. The van der Waals surface area contributed by atoms with Crippen LogP contribution in [0.3, 0.4) is 0 Å². The minimum Gasteiger partial charge on any atom is -0.480 e. The first-order valence-corrected chi connectivity index (χ1v) is 4.88. The van der Waals surface area contributed by atoms with E-state index in [1.165, 1.54) is 4.90 Å². The molecule has 1 N–H and O–H groups in total. The maximum Gasteiger partial charge on any atom is 0.411 e. The Labute approximate surface area is 92.2 Å². The summed E-state index contributed by atoms with van der Waals surface area (Å²) in [4.78, 5) is 23.0. The van der Waals surface area contributed by atoms with E-state index in [2.05, 4.69) is 0 Å². The van der Waals surface area contributed by atoms with Crippen molar-refractivity contribution in [2.45, 2.75) is 12.6 Å². The molecule has 0 unspecified atom stereocenters. The summed E-state index contributed by atoms with van der Waals surface area (Å²) < 4.78 is 4.96. The third kappa shape index (κ3) is 2.31. The van der Waals surface area contributed by atoms with Crippen molar-refractivity contribution >= 4 is 12.1 Å². The molecule has 0 aromatic heterocycles. The number of carboxylic acid groups (broad SMARTS) is 1. The highest BCUT2D eigenvalue weighted by Crippen LogP contribution is 2.19. The number of carbonyl (C=O) groups is 2. The lowest BCUT2D eigenvalue weighted by molar-refractivity contribution is -0.137. The van der Waals surface area contributed by atoms with Gasteiger partial charge < -0.3 is 9.84 Å². The lowest BCUT2D eigenvalue weighted by Crippen LogP contribution is -2.19. The van der Waals surface area contributed by atoms with Gasteiger partial charge in [0.15, 0.2) is 6.04 Å². The Morgan fingerprint density at radius 1 is 1.38 bits per heavy atom. The molecule has 5 heteroatoms. The third-order valence-corrected chi connectivity index (χ3v) is 2.34. The van der Waals surface area contributed by atoms with E-state index in [9.17, 15) is 9.59 Å². The summed E-state index contributed by atoms with van der Waals surface area (Å²) in [7, 11) is 0. The average Bonchev–Trinajstić information content (AvgIpc) is 3.07. The van der Waals surface area contributed by atoms with Crippen molar-refractivity contribution in [3.8, 4) is 0 Å². The SMILES string of the molecule is O=C(O)[C@@H]1CN1C(=O)OCc1ccccc1. The summed E-state index contributed by atoms with van der Waals surface area (Å²) >= 11 is 0. The van der Waals surface area contributed by atoms with Crippen molar-refractivity contribution in [3.05, 3.63) is 35.9 Å². The molecule has 0 radical (unpaired) electrons. The number of aliphatic carboxylic acids is 1. The smallest absolute Gasteiger partial charge is 0.411 e. The molecule has 1 heterocycles. The van der Waals surface area contributed by atoms with E-state index in [1.54, 1.807) is 0 Å². The number of hydrogen-bond acceptors (Lipinski definition) is 3. The first-order valence-electron chi connectivity index (χ1n) is 4.88. The minimum atomic E-state index is -0.989. The summed E-state index contributed by atoms with van der Waals surface area (Å²) in [5, 5.41) is 8.61. The predicted molar refractivity (Wildman–Crippen MR) is 54.8 cm³/mol. The van der Waals surface area contributed by atoms with Gasteiger partial charge in [0.1, 0.15) is 6.61 Å². The maximum absolute atomic E-state index is 11.3. The van der Waals surface area contributed by atoms with Crippen molar-refractivity contribution in [1.29, 1.82) is 0 Å². The van der Waals surface area contributed by atoms with Crippen LogP contribution < -0.4 is 0 Å². The van der Waals surface area contributed by atoms with Gasteiger partial charge in [-0.2, -0.15) is 0 Å². The Morgan fingerprint density at radius 2 is 2.06 bits per heavy atom. The Bertz CT molecular complexity index is 404. The van der Waals surface area contributed by atoms with Gasteiger partial charge in [0, 0.05) is 0 Å². The molecule has 0 bridgehead atoms. The van der Waals surface area contributed by atoms with Crippen LogP contribution in [0.5, 0.6) is 0 Å². The van der Waals surface area contributed by atoms with Crippen molar-refractivity contribution < 1.29 is 19.4 Å². The van der Waals surface area contributed by atoms with Gasteiger partial charge in [0.25, 0.3) is 0 Å². The van der Waals surface area contributed by atoms with Crippen LogP contribution in [0.4, 0.5) is 4.79 Å². The zero-order chi connectivity index (χ0) is 11.5. The fourth-order valence-electron chi connectivity index (χ4n) is 1.35. The van der Waals surface area contributed by atoms with Crippen molar-refractivity contribution in [2.75, 3.05) is 6.54 Å². The number of carbonyl (C=O) groups excluding carboxylic acids is 1. The van der Waals surface area contributed by atoms with Gasteiger partial charge in [0.05, 0.1) is 6.54 Å². The number of amides is 1. The first-order chi connectivity index (χ1) is 7.68. The number of nitrogens with zero attached hydrogens (tertiary/aromatic N) is 1. The molecular weight excluding hydrogens is 210 g/mol. The van der Waals surface area contributed by atoms with E-state index in [4.69, 9.17) is 9.84 Å². The van der Waals surface area contributed by atoms with Gasteiger partial charge in [-0.05, 0) is 5.56 Å². The summed E-state index contributed by atoms with van der Waals surface area (Å²) in [6, 6.07) is 8.54. The van der Waals surface area contributed by atoms with E-state index in [1.807, 2.05) is 30.3 Å². The molecule has 0 aliphatic carbocycles. The van der Waals surface area contributed by atoms with Crippen LogP contribution in [-0.4, -0.2) is 34.7 Å². The van der Waals surface area contributed by atoms with Gasteiger partial charge >= 0.3 is 12.1 Å². The number of carboxylic acids is 1. The second-order valence-corrected chi connectivity index (χ2v) is 3.55. The molecule has 1 aliphatic heterocycles. The number of ether oxygens (including phenoxy) is 1. The molecule has 1 aromatic carbocycles.